The predicted octanol–water partition coefficient (Wildman–Crippen LogP) is 4.29. The summed E-state index contributed by atoms with van der Waals surface area (Å²) in [6, 6.07) is 15.5. The average molecular weight is 528 g/mol. The molecule has 1 amide bonds. The van der Waals surface area contributed by atoms with Crippen LogP contribution in [0.5, 0.6) is 5.75 Å². The number of para-hydroxylation sites is 1. The lowest BCUT2D eigenvalue weighted by molar-refractivity contribution is 0.0907. The number of rotatable bonds is 6. The number of nitrogens with one attached hydrogen (secondary N) is 3. The van der Waals surface area contributed by atoms with E-state index < -0.39 is 17.4 Å². The van der Waals surface area contributed by atoms with E-state index in [1.807, 2.05) is 37.3 Å². The number of hydrogen-bond acceptors (Lipinski definition) is 7. The Morgan fingerprint density at radius 3 is 2.69 bits per heavy atom. The summed E-state index contributed by atoms with van der Waals surface area (Å²) in [7, 11) is 2.11. The Morgan fingerprint density at radius 2 is 1.90 bits per heavy atom. The Bertz CT molecular complexity index is 1480. The fourth-order valence-electron chi connectivity index (χ4n) is 5.36. The fourth-order valence-corrected chi connectivity index (χ4v) is 5.36. The number of carbonyl (C=O) groups is 1. The lowest BCUT2D eigenvalue weighted by Gasteiger charge is -2.40. The molecule has 200 valence electrons. The van der Waals surface area contributed by atoms with Gasteiger partial charge in [0, 0.05) is 47.9 Å². The van der Waals surface area contributed by atoms with Crippen molar-refractivity contribution in [1.29, 1.82) is 0 Å². The van der Waals surface area contributed by atoms with Crippen molar-refractivity contribution in [2.24, 2.45) is 0 Å². The van der Waals surface area contributed by atoms with Crippen molar-refractivity contribution in [3.05, 3.63) is 89.8 Å². The number of piperidine rings is 1. The highest BCUT2D eigenvalue weighted by Crippen LogP contribution is 2.39. The zero-order chi connectivity index (χ0) is 27.0. The quantitative estimate of drug-likeness (QED) is 0.343. The number of carbonyl (C=O) groups excluding carboxylic acids is 1. The molecule has 4 heterocycles. The topological polar surface area (TPSA) is 108 Å². The van der Waals surface area contributed by atoms with E-state index in [-0.39, 0.29) is 17.8 Å². The summed E-state index contributed by atoms with van der Waals surface area (Å²) in [6.45, 7) is 3.59. The number of fused-ring (bicyclic) bond motifs is 1. The van der Waals surface area contributed by atoms with Crippen molar-refractivity contribution in [3.8, 4) is 17.1 Å². The third-order valence-corrected chi connectivity index (χ3v) is 7.62. The first-order valence-corrected chi connectivity index (χ1v) is 13.1. The number of anilines is 1. The molecule has 4 aromatic rings. The van der Waals surface area contributed by atoms with E-state index in [1.165, 1.54) is 6.07 Å². The van der Waals surface area contributed by atoms with Gasteiger partial charge in [0.2, 0.25) is 0 Å². The maximum atomic E-state index is 14.2. The van der Waals surface area contributed by atoms with E-state index in [0.717, 1.165) is 43.0 Å². The average Bonchev–Trinajstić information content (AvgIpc) is 3.57. The SMILES string of the molecule is CC1Oc2c(F)cccc2[C@@H]1NC(=O)c1cccc(NC2(c3nc(-c4ccncc4)n[nH]3)CCN(C)CC2)c1. The van der Waals surface area contributed by atoms with Gasteiger partial charge in [-0.2, -0.15) is 5.10 Å². The summed E-state index contributed by atoms with van der Waals surface area (Å²) in [4.78, 5) is 24.5. The van der Waals surface area contributed by atoms with Gasteiger partial charge in [-0.25, -0.2) is 9.37 Å². The largest absolute Gasteiger partial charge is 0.485 e. The Morgan fingerprint density at radius 1 is 1.13 bits per heavy atom. The number of ether oxygens (including phenoxy) is 1. The molecule has 0 saturated carbocycles. The predicted molar refractivity (Wildman–Crippen MR) is 145 cm³/mol. The second kappa shape index (κ2) is 10.1. The normalized spacial score (nSPS) is 20.2. The molecule has 39 heavy (non-hydrogen) atoms. The molecule has 2 aromatic carbocycles. The first-order chi connectivity index (χ1) is 18.9. The van der Waals surface area contributed by atoms with Gasteiger partial charge in [0.25, 0.3) is 5.91 Å². The molecule has 3 N–H and O–H groups in total. The zero-order valence-corrected chi connectivity index (χ0v) is 21.8. The minimum atomic E-state index is -0.482. The van der Waals surface area contributed by atoms with Crippen LogP contribution in [0.15, 0.2) is 67.0 Å². The second-order valence-corrected chi connectivity index (χ2v) is 10.3. The highest BCUT2D eigenvalue weighted by Gasteiger charge is 2.39. The minimum absolute atomic E-state index is 0.202. The van der Waals surface area contributed by atoms with Crippen molar-refractivity contribution in [2.45, 2.75) is 37.5 Å². The van der Waals surface area contributed by atoms with E-state index in [4.69, 9.17) is 9.72 Å². The molecule has 2 aromatic heterocycles. The van der Waals surface area contributed by atoms with Gasteiger partial charge in [-0.05, 0) is 63.2 Å². The number of likely N-dealkylation sites (tertiary alicyclic amines) is 1. The second-order valence-electron chi connectivity index (χ2n) is 10.3. The van der Waals surface area contributed by atoms with Crippen LogP contribution in [0.2, 0.25) is 0 Å². The van der Waals surface area contributed by atoms with Crippen LogP contribution in [0.4, 0.5) is 10.1 Å². The summed E-state index contributed by atoms with van der Waals surface area (Å²) >= 11 is 0. The standard InChI is InChI=1S/C29H30FN7O2/c1-18-24(22-7-4-8-23(30)25(22)39-18)32-27(38)20-5-3-6-21(17-20)34-29(11-15-37(2)16-12-29)28-33-26(35-36-28)19-9-13-31-14-10-19/h3-10,13-14,17-18,24,34H,11-12,15-16H2,1-2H3,(H,32,38)(H,33,35,36)/t18?,24-/m1/s1. The van der Waals surface area contributed by atoms with Crippen molar-refractivity contribution in [3.63, 3.8) is 0 Å². The lowest BCUT2D eigenvalue weighted by atomic mass is 9.86. The van der Waals surface area contributed by atoms with Gasteiger partial charge < -0.3 is 20.3 Å². The number of aromatic nitrogens is 4. The first-order valence-electron chi connectivity index (χ1n) is 13.1. The smallest absolute Gasteiger partial charge is 0.251 e. The monoisotopic (exact) mass is 527 g/mol. The molecule has 2 aliphatic rings. The molecule has 2 atom stereocenters. The number of H-pyrrole nitrogens is 1. The van der Waals surface area contributed by atoms with Crippen molar-refractivity contribution < 1.29 is 13.9 Å². The van der Waals surface area contributed by atoms with Gasteiger partial charge in [-0.1, -0.05) is 18.2 Å². The van der Waals surface area contributed by atoms with Crippen LogP contribution in [-0.4, -0.2) is 57.2 Å². The van der Waals surface area contributed by atoms with Gasteiger partial charge >= 0.3 is 0 Å². The highest BCUT2D eigenvalue weighted by atomic mass is 19.1. The summed E-state index contributed by atoms with van der Waals surface area (Å²) in [5.41, 5.74) is 2.35. The molecular formula is C29H30FN7O2. The summed E-state index contributed by atoms with van der Waals surface area (Å²) < 4.78 is 19.9. The summed E-state index contributed by atoms with van der Waals surface area (Å²) in [6.07, 6.45) is 4.68. The molecule has 0 radical (unpaired) electrons. The first kappa shape index (κ1) is 25.0. The van der Waals surface area contributed by atoms with E-state index in [0.29, 0.717) is 17.0 Å². The van der Waals surface area contributed by atoms with E-state index in [9.17, 15) is 9.18 Å². The molecular weight excluding hydrogens is 497 g/mol. The lowest BCUT2D eigenvalue weighted by Crippen LogP contribution is -2.46. The summed E-state index contributed by atoms with van der Waals surface area (Å²) in [5.74, 6) is 0.893. The van der Waals surface area contributed by atoms with Crippen LogP contribution in [0.3, 0.4) is 0 Å². The third kappa shape index (κ3) is 4.83. The summed E-state index contributed by atoms with van der Waals surface area (Å²) in [5, 5.41) is 14.4. The Kier molecular flexibility index (Phi) is 6.48. The molecule has 9 nitrogen and oxygen atoms in total. The number of hydrogen-bond donors (Lipinski definition) is 3. The maximum Gasteiger partial charge on any atom is 0.251 e. The molecule has 2 aliphatic heterocycles. The van der Waals surface area contributed by atoms with Gasteiger partial charge in [-0.3, -0.25) is 14.9 Å². The van der Waals surface area contributed by atoms with Crippen LogP contribution in [0.25, 0.3) is 11.4 Å². The van der Waals surface area contributed by atoms with Gasteiger partial charge in [-0.15, -0.1) is 0 Å². The Labute approximate surface area is 225 Å². The number of benzene rings is 2. The number of amides is 1. The van der Waals surface area contributed by atoms with Gasteiger partial charge in [0.15, 0.2) is 23.2 Å². The minimum Gasteiger partial charge on any atom is -0.485 e. The van der Waals surface area contributed by atoms with E-state index in [2.05, 4.69) is 37.8 Å². The van der Waals surface area contributed by atoms with Gasteiger partial charge in [0.1, 0.15) is 6.10 Å². The van der Waals surface area contributed by atoms with Crippen molar-refractivity contribution in [2.75, 3.05) is 25.5 Å². The fraction of sp³-hybridized carbons (Fsp3) is 0.310. The highest BCUT2D eigenvalue weighted by molar-refractivity contribution is 5.95. The van der Waals surface area contributed by atoms with Crippen LogP contribution in [0.1, 0.15) is 47.6 Å². The molecule has 0 aliphatic carbocycles. The molecule has 1 saturated heterocycles. The van der Waals surface area contributed by atoms with Crippen molar-refractivity contribution >= 4 is 11.6 Å². The zero-order valence-electron chi connectivity index (χ0n) is 21.8. The number of pyridine rings is 1. The van der Waals surface area contributed by atoms with Crippen LogP contribution in [-0.2, 0) is 5.54 Å². The number of halogens is 1. The molecule has 1 fully saturated rings. The third-order valence-electron chi connectivity index (χ3n) is 7.62. The molecule has 1 unspecified atom stereocenters. The molecule has 10 heteroatoms. The number of nitrogens with zero attached hydrogens (tertiary/aromatic N) is 4. The van der Waals surface area contributed by atoms with Crippen molar-refractivity contribution in [1.82, 2.24) is 30.4 Å². The number of aromatic amines is 1. The van der Waals surface area contributed by atoms with Crippen LogP contribution < -0.4 is 15.4 Å². The van der Waals surface area contributed by atoms with Crippen LogP contribution in [0, 0.1) is 5.82 Å². The van der Waals surface area contributed by atoms with E-state index in [1.54, 1.807) is 30.6 Å². The molecule has 0 spiro atoms. The van der Waals surface area contributed by atoms with Crippen LogP contribution >= 0.6 is 0 Å². The maximum absolute atomic E-state index is 14.2. The van der Waals surface area contributed by atoms with Gasteiger partial charge in [0.05, 0.1) is 11.6 Å². The molecule has 6 rings (SSSR count). The molecule has 0 bridgehead atoms. The Hall–Kier alpha value is -4.31. The van der Waals surface area contributed by atoms with E-state index >= 15 is 0 Å². The Balaban J connectivity index is 1.25.